The summed E-state index contributed by atoms with van der Waals surface area (Å²) in [4.78, 5) is 13.5. The molecule has 0 heterocycles. The van der Waals surface area contributed by atoms with Crippen molar-refractivity contribution < 1.29 is 9.53 Å². The molecule has 94 valence electrons. The van der Waals surface area contributed by atoms with Crippen LogP contribution in [-0.4, -0.2) is 38.1 Å². The second-order valence-corrected chi connectivity index (χ2v) is 5.04. The predicted octanol–water partition coefficient (Wildman–Crippen LogP) is 2.45. The first kappa shape index (κ1) is 13.5. The largest absolute Gasteiger partial charge is 0.469 e. The molecule has 3 heteroatoms. The van der Waals surface area contributed by atoms with Crippen LogP contribution < -0.4 is 0 Å². The molecule has 3 nitrogen and oxygen atoms in total. The molecule has 0 aromatic rings. The Morgan fingerprint density at radius 2 is 1.94 bits per heavy atom. The van der Waals surface area contributed by atoms with E-state index in [1.165, 1.54) is 39.2 Å². The summed E-state index contributed by atoms with van der Waals surface area (Å²) >= 11 is 0. The molecule has 1 atom stereocenters. The molecule has 16 heavy (non-hydrogen) atoms. The molecule has 0 spiro atoms. The minimum Gasteiger partial charge on any atom is -0.469 e. The van der Waals surface area contributed by atoms with Gasteiger partial charge in [0.15, 0.2) is 0 Å². The summed E-state index contributed by atoms with van der Waals surface area (Å²) in [7, 11) is 5.71. The molecular formula is C13H25NO2. The summed E-state index contributed by atoms with van der Waals surface area (Å²) in [6, 6.07) is 0.541. The van der Waals surface area contributed by atoms with E-state index in [4.69, 9.17) is 4.74 Å². The van der Waals surface area contributed by atoms with Gasteiger partial charge in [-0.25, -0.2) is 0 Å². The third-order valence-electron chi connectivity index (χ3n) is 3.73. The van der Waals surface area contributed by atoms with Crippen molar-refractivity contribution in [2.45, 2.75) is 51.0 Å². The van der Waals surface area contributed by atoms with E-state index in [9.17, 15) is 4.79 Å². The number of nitrogens with zero attached hydrogens (tertiary/aromatic N) is 1. The Morgan fingerprint density at radius 3 is 2.44 bits per heavy atom. The molecule has 1 aliphatic rings. The molecule has 0 N–H and O–H groups in total. The maximum absolute atomic E-state index is 11.2. The Balaban J connectivity index is 2.42. The SMILES string of the molecule is COC(=O)CCC(C1CCCCC1)N(C)C. The van der Waals surface area contributed by atoms with Gasteiger partial charge in [-0.2, -0.15) is 0 Å². The lowest BCUT2D eigenvalue weighted by Crippen LogP contribution is -2.36. The minimum absolute atomic E-state index is 0.0809. The summed E-state index contributed by atoms with van der Waals surface area (Å²) < 4.78 is 4.71. The molecule has 1 aliphatic carbocycles. The molecule has 0 aliphatic heterocycles. The molecule has 1 saturated carbocycles. The van der Waals surface area contributed by atoms with Crippen LogP contribution in [0.15, 0.2) is 0 Å². The quantitative estimate of drug-likeness (QED) is 0.676. The summed E-state index contributed by atoms with van der Waals surface area (Å²) in [5.74, 6) is 0.691. The number of esters is 1. The van der Waals surface area contributed by atoms with Crippen LogP contribution in [0.25, 0.3) is 0 Å². The van der Waals surface area contributed by atoms with E-state index in [1.54, 1.807) is 0 Å². The molecule has 0 aromatic heterocycles. The molecule has 0 amide bonds. The Kier molecular flexibility index (Phi) is 5.81. The van der Waals surface area contributed by atoms with Crippen LogP contribution in [0.3, 0.4) is 0 Å². The van der Waals surface area contributed by atoms with Crippen molar-refractivity contribution in [3.05, 3.63) is 0 Å². The van der Waals surface area contributed by atoms with Crippen molar-refractivity contribution in [3.63, 3.8) is 0 Å². The number of rotatable bonds is 5. The maximum Gasteiger partial charge on any atom is 0.305 e. The van der Waals surface area contributed by atoms with E-state index in [0.717, 1.165) is 12.3 Å². The Labute approximate surface area is 99.1 Å². The van der Waals surface area contributed by atoms with Crippen LogP contribution in [0.1, 0.15) is 44.9 Å². The van der Waals surface area contributed by atoms with Crippen LogP contribution in [0.2, 0.25) is 0 Å². The van der Waals surface area contributed by atoms with E-state index in [1.807, 2.05) is 0 Å². The van der Waals surface area contributed by atoms with Gasteiger partial charge in [0.2, 0.25) is 0 Å². The smallest absolute Gasteiger partial charge is 0.305 e. The molecule has 0 bridgehead atoms. The molecule has 1 fully saturated rings. The van der Waals surface area contributed by atoms with Crippen LogP contribution in [0.5, 0.6) is 0 Å². The third kappa shape index (κ3) is 4.12. The number of hydrogen-bond donors (Lipinski definition) is 0. The number of carbonyl (C=O) groups is 1. The summed E-state index contributed by atoms with van der Waals surface area (Å²) in [5, 5.41) is 0. The highest BCUT2D eigenvalue weighted by Crippen LogP contribution is 2.30. The lowest BCUT2D eigenvalue weighted by molar-refractivity contribution is -0.141. The van der Waals surface area contributed by atoms with Crippen LogP contribution in [-0.2, 0) is 9.53 Å². The number of hydrogen-bond acceptors (Lipinski definition) is 3. The number of ether oxygens (including phenoxy) is 1. The van der Waals surface area contributed by atoms with E-state index in [0.29, 0.717) is 12.5 Å². The number of methoxy groups -OCH3 is 1. The van der Waals surface area contributed by atoms with Gasteiger partial charge in [0.25, 0.3) is 0 Å². The monoisotopic (exact) mass is 227 g/mol. The van der Waals surface area contributed by atoms with Gasteiger partial charge in [-0.05, 0) is 39.3 Å². The van der Waals surface area contributed by atoms with Crippen molar-refractivity contribution in [2.24, 2.45) is 5.92 Å². The third-order valence-corrected chi connectivity index (χ3v) is 3.73. The van der Waals surface area contributed by atoms with Crippen molar-refractivity contribution in [2.75, 3.05) is 21.2 Å². The average Bonchev–Trinajstić information content (AvgIpc) is 2.30. The first-order chi connectivity index (χ1) is 7.65. The average molecular weight is 227 g/mol. The normalized spacial score (nSPS) is 19.8. The van der Waals surface area contributed by atoms with Gasteiger partial charge in [-0.3, -0.25) is 4.79 Å². The van der Waals surface area contributed by atoms with Gasteiger partial charge >= 0.3 is 5.97 Å². The first-order valence-electron chi connectivity index (χ1n) is 6.38. The van der Waals surface area contributed by atoms with Gasteiger partial charge in [0, 0.05) is 12.5 Å². The fraction of sp³-hybridized carbons (Fsp3) is 0.923. The van der Waals surface area contributed by atoms with Gasteiger partial charge in [0.1, 0.15) is 0 Å². The lowest BCUT2D eigenvalue weighted by atomic mass is 9.82. The van der Waals surface area contributed by atoms with Crippen molar-refractivity contribution in [1.29, 1.82) is 0 Å². The minimum atomic E-state index is -0.0809. The summed E-state index contributed by atoms with van der Waals surface area (Å²) in [5.41, 5.74) is 0. The Morgan fingerprint density at radius 1 is 1.31 bits per heavy atom. The zero-order valence-corrected chi connectivity index (χ0v) is 10.9. The zero-order chi connectivity index (χ0) is 12.0. The zero-order valence-electron chi connectivity index (χ0n) is 10.9. The topological polar surface area (TPSA) is 29.5 Å². The van der Waals surface area contributed by atoms with Crippen LogP contribution in [0.4, 0.5) is 0 Å². The van der Waals surface area contributed by atoms with Gasteiger partial charge < -0.3 is 9.64 Å². The number of carbonyl (C=O) groups excluding carboxylic acids is 1. The maximum atomic E-state index is 11.2. The molecule has 0 aromatic carbocycles. The highest BCUT2D eigenvalue weighted by Gasteiger charge is 2.25. The van der Waals surface area contributed by atoms with Crippen molar-refractivity contribution in [3.8, 4) is 0 Å². The highest BCUT2D eigenvalue weighted by molar-refractivity contribution is 5.69. The van der Waals surface area contributed by atoms with E-state index >= 15 is 0 Å². The summed E-state index contributed by atoms with van der Waals surface area (Å²) in [6.45, 7) is 0. The van der Waals surface area contributed by atoms with E-state index in [-0.39, 0.29) is 5.97 Å². The second kappa shape index (κ2) is 6.89. The van der Waals surface area contributed by atoms with Crippen molar-refractivity contribution >= 4 is 5.97 Å². The van der Waals surface area contributed by atoms with E-state index < -0.39 is 0 Å². The second-order valence-electron chi connectivity index (χ2n) is 5.04. The first-order valence-corrected chi connectivity index (χ1v) is 6.38. The van der Waals surface area contributed by atoms with Crippen LogP contribution >= 0.6 is 0 Å². The van der Waals surface area contributed by atoms with E-state index in [2.05, 4.69) is 19.0 Å². The Hall–Kier alpha value is -0.570. The fourth-order valence-electron chi connectivity index (χ4n) is 2.80. The highest BCUT2D eigenvalue weighted by atomic mass is 16.5. The fourth-order valence-corrected chi connectivity index (χ4v) is 2.80. The van der Waals surface area contributed by atoms with Crippen LogP contribution in [0, 0.1) is 5.92 Å². The Bertz CT molecular complexity index is 210. The molecular weight excluding hydrogens is 202 g/mol. The van der Waals surface area contributed by atoms with Gasteiger partial charge in [-0.1, -0.05) is 19.3 Å². The molecule has 1 rings (SSSR count). The van der Waals surface area contributed by atoms with Gasteiger partial charge in [-0.15, -0.1) is 0 Å². The predicted molar refractivity (Wildman–Crippen MR) is 65.3 cm³/mol. The molecule has 0 radical (unpaired) electrons. The summed E-state index contributed by atoms with van der Waals surface area (Å²) in [6.07, 6.45) is 8.22. The molecule has 1 unspecified atom stereocenters. The lowest BCUT2D eigenvalue weighted by Gasteiger charge is -2.34. The standard InChI is InChI=1S/C13H25NO2/c1-14(2)12(9-10-13(15)16-3)11-7-5-4-6-8-11/h11-12H,4-10H2,1-3H3. The van der Waals surface area contributed by atoms with Gasteiger partial charge in [0.05, 0.1) is 7.11 Å². The molecule has 0 saturated heterocycles. The van der Waals surface area contributed by atoms with Crippen molar-refractivity contribution in [1.82, 2.24) is 4.90 Å².